The molecule has 5 nitrogen and oxygen atoms in total. The number of halogens is 1. The molecule has 25 heavy (non-hydrogen) atoms. The topological polar surface area (TPSA) is 72.5 Å². The number of carbonyl (C=O) groups is 1. The highest BCUT2D eigenvalue weighted by Crippen LogP contribution is 2.21. The second kappa shape index (κ2) is 8.84. The molecule has 0 aromatic heterocycles. The molecule has 0 bridgehead atoms. The number of hydrogen-bond acceptors (Lipinski definition) is 5. The second-order valence-corrected chi connectivity index (χ2v) is 8.62. The first-order valence-corrected chi connectivity index (χ1v) is 10.2. The van der Waals surface area contributed by atoms with Crippen molar-refractivity contribution in [3.63, 3.8) is 0 Å². The van der Waals surface area contributed by atoms with E-state index in [1.54, 1.807) is 24.3 Å². The van der Waals surface area contributed by atoms with E-state index in [2.05, 4.69) is 38.0 Å². The molecule has 1 atom stereocenters. The van der Waals surface area contributed by atoms with E-state index in [4.69, 9.17) is 0 Å². The lowest BCUT2D eigenvalue weighted by Gasteiger charge is -2.13. The maximum absolute atomic E-state index is 12.3. The first-order valence-electron chi connectivity index (χ1n) is 7.41. The number of methoxy groups -OCH3 is 1. The minimum Gasteiger partial charge on any atom is -0.469 e. The SMILES string of the molecule is COC(=O)Cc1ccc(C(S)CNS(=O)(=O)c2ccc(Br)cc2)cc1. The van der Waals surface area contributed by atoms with Crippen LogP contribution in [-0.4, -0.2) is 28.0 Å². The molecule has 0 aliphatic carbocycles. The van der Waals surface area contributed by atoms with Gasteiger partial charge in [0.1, 0.15) is 0 Å². The van der Waals surface area contributed by atoms with E-state index >= 15 is 0 Å². The normalized spacial score (nSPS) is 12.6. The van der Waals surface area contributed by atoms with Crippen LogP contribution in [0.4, 0.5) is 0 Å². The zero-order valence-corrected chi connectivity index (χ0v) is 16.8. The lowest BCUT2D eigenvalue weighted by atomic mass is 10.1. The standard InChI is InChI=1S/C17H18BrNO4S2/c1-23-17(20)10-12-2-4-13(5-3-12)16(24)11-19-25(21,22)15-8-6-14(18)7-9-15/h2-9,16,19,24H,10-11H2,1H3. The van der Waals surface area contributed by atoms with Crippen molar-refractivity contribution in [3.8, 4) is 0 Å². The average Bonchev–Trinajstić information content (AvgIpc) is 2.60. The lowest BCUT2D eigenvalue weighted by Crippen LogP contribution is -2.27. The number of carbonyl (C=O) groups excluding carboxylic acids is 1. The Morgan fingerprint density at radius 3 is 2.32 bits per heavy atom. The Balaban J connectivity index is 1.98. The fraction of sp³-hybridized carbons (Fsp3) is 0.235. The van der Waals surface area contributed by atoms with Gasteiger partial charge in [0.05, 0.1) is 18.4 Å². The zero-order valence-electron chi connectivity index (χ0n) is 13.5. The fourth-order valence-electron chi connectivity index (χ4n) is 2.10. The molecular weight excluding hydrogens is 426 g/mol. The van der Waals surface area contributed by atoms with Crippen molar-refractivity contribution in [2.24, 2.45) is 0 Å². The number of benzene rings is 2. The fourth-order valence-corrected chi connectivity index (χ4v) is 3.80. The summed E-state index contributed by atoms with van der Waals surface area (Å²) in [6, 6.07) is 13.7. The van der Waals surface area contributed by atoms with Crippen LogP contribution < -0.4 is 4.72 Å². The van der Waals surface area contributed by atoms with Gasteiger partial charge in [-0.3, -0.25) is 4.79 Å². The van der Waals surface area contributed by atoms with E-state index in [1.165, 1.54) is 19.2 Å². The molecule has 0 saturated carbocycles. The van der Waals surface area contributed by atoms with Crippen molar-refractivity contribution >= 4 is 44.6 Å². The molecule has 0 fully saturated rings. The molecule has 1 N–H and O–H groups in total. The smallest absolute Gasteiger partial charge is 0.309 e. The summed E-state index contributed by atoms with van der Waals surface area (Å²) in [4.78, 5) is 11.5. The molecule has 1 unspecified atom stereocenters. The maximum Gasteiger partial charge on any atom is 0.309 e. The van der Waals surface area contributed by atoms with E-state index in [-0.39, 0.29) is 29.1 Å². The monoisotopic (exact) mass is 443 g/mol. The largest absolute Gasteiger partial charge is 0.469 e. The van der Waals surface area contributed by atoms with E-state index < -0.39 is 10.0 Å². The molecule has 0 amide bonds. The number of hydrogen-bond donors (Lipinski definition) is 2. The lowest BCUT2D eigenvalue weighted by molar-refractivity contribution is -0.139. The number of nitrogens with one attached hydrogen (secondary N) is 1. The number of ether oxygens (including phenoxy) is 1. The van der Waals surface area contributed by atoms with Crippen LogP contribution in [0.1, 0.15) is 16.4 Å². The molecule has 0 aliphatic heterocycles. The molecule has 8 heteroatoms. The predicted molar refractivity (Wildman–Crippen MR) is 103 cm³/mol. The van der Waals surface area contributed by atoms with Crippen LogP contribution in [-0.2, 0) is 26.0 Å². The van der Waals surface area contributed by atoms with Gasteiger partial charge in [-0.2, -0.15) is 12.6 Å². The summed E-state index contributed by atoms with van der Waals surface area (Å²) in [6.07, 6.45) is 0.199. The first-order chi connectivity index (χ1) is 11.8. The Bertz CT molecular complexity index is 821. The summed E-state index contributed by atoms with van der Waals surface area (Å²) >= 11 is 7.73. The number of thiol groups is 1. The number of esters is 1. The van der Waals surface area contributed by atoms with Crippen LogP contribution in [0, 0.1) is 0 Å². The summed E-state index contributed by atoms with van der Waals surface area (Å²) in [6.45, 7) is 0.151. The minimum atomic E-state index is -3.59. The van der Waals surface area contributed by atoms with Crippen molar-refractivity contribution < 1.29 is 17.9 Å². The predicted octanol–water partition coefficient (Wildman–Crippen LogP) is 3.11. The third-order valence-corrected chi connectivity index (χ3v) is 5.98. The Morgan fingerprint density at radius 1 is 1.16 bits per heavy atom. The van der Waals surface area contributed by atoms with Gasteiger partial charge in [-0.1, -0.05) is 40.2 Å². The third kappa shape index (κ3) is 5.85. The molecule has 134 valence electrons. The highest BCUT2D eigenvalue weighted by Gasteiger charge is 2.16. The third-order valence-electron chi connectivity index (χ3n) is 3.53. The Labute approximate surface area is 161 Å². The molecule has 2 aromatic carbocycles. The average molecular weight is 444 g/mol. The van der Waals surface area contributed by atoms with Crippen LogP contribution in [0.2, 0.25) is 0 Å². The van der Waals surface area contributed by atoms with Crippen LogP contribution in [0.25, 0.3) is 0 Å². The highest BCUT2D eigenvalue weighted by atomic mass is 79.9. The van der Waals surface area contributed by atoms with Gasteiger partial charge in [-0.15, -0.1) is 0 Å². The number of rotatable bonds is 7. The van der Waals surface area contributed by atoms with Crippen LogP contribution >= 0.6 is 28.6 Å². The molecule has 2 rings (SSSR count). The van der Waals surface area contributed by atoms with Crippen molar-refractivity contribution in [1.29, 1.82) is 0 Å². The quantitative estimate of drug-likeness (QED) is 0.509. The zero-order chi connectivity index (χ0) is 18.4. The highest BCUT2D eigenvalue weighted by molar-refractivity contribution is 9.10. The summed E-state index contributed by atoms with van der Waals surface area (Å²) in [5.74, 6) is -0.308. The van der Waals surface area contributed by atoms with Gasteiger partial charge in [0, 0.05) is 16.3 Å². The molecular formula is C17H18BrNO4S2. The maximum atomic E-state index is 12.3. The molecule has 2 aromatic rings. The minimum absolute atomic E-state index is 0.151. The van der Waals surface area contributed by atoms with E-state index in [0.717, 1.165) is 15.6 Å². The van der Waals surface area contributed by atoms with Crippen LogP contribution in [0.5, 0.6) is 0 Å². The van der Waals surface area contributed by atoms with Gasteiger partial charge in [0.2, 0.25) is 10.0 Å². The summed E-state index contributed by atoms with van der Waals surface area (Å²) in [5.41, 5.74) is 1.68. The van der Waals surface area contributed by atoms with Crippen LogP contribution in [0.3, 0.4) is 0 Å². The van der Waals surface area contributed by atoms with Crippen LogP contribution in [0.15, 0.2) is 57.9 Å². The second-order valence-electron chi connectivity index (χ2n) is 5.32. The van der Waals surface area contributed by atoms with Gasteiger partial charge in [0.15, 0.2) is 0 Å². The Hall–Kier alpha value is -1.35. The van der Waals surface area contributed by atoms with Gasteiger partial charge in [-0.05, 0) is 35.4 Å². The van der Waals surface area contributed by atoms with Crippen molar-refractivity contribution in [2.45, 2.75) is 16.6 Å². The van der Waals surface area contributed by atoms with Crippen molar-refractivity contribution in [1.82, 2.24) is 4.72 Å². The van der Waals surface area contributed by atoms with Gasteiger partial charge < -0.3 is 4.74 Å². The van der Waals surface area contributed by atoms with Crippen molar-refractivity contribution in [3.05, 3.63) is 64.1 Å². The van der Waals surface area contributed by atoms with E-state index in [9.17, 15) is 13.2 Å². The molecule has 0 saturated heterocycles. The molecule has 0 aliphatic rings. The van der Waals surface area contributed by atoms with E-state index in [1.807, 2.05) is 12.1 Å². The Morgan fingerprint density at radius 2 is 1.76 bits per heavy atom. The Kier molecular flexibility index (Phi) is 7.06. The molecule has 0 heterocycles. The first kappa shape index (κ1) is 20.0. The summed E-state index contributed by atoms with van der Waals surface area (Å²) < 4.78 is 32.5. The summed E-state index contributed by atoms with van der Waals surface area (Å²) in [5, 5.41) is -0.308. The molecule has 0 radical (unpaired) electrons. The van der Waals surface area contributed by atoms with E-state index in [0.29, 0.717) is 0 Å². The molecule has 0 spiro atoms. The summed E-state index contributed by atoms with van der Waals surface area (Å²) in [7, 11) is -2.24. The number of sulfonamides is 1. The van der Waals surface area contributed by atoms with Gasteiger partial charge >= 0.3 is 5.97 Å². The van der Waals surface area contributed by atoms with Gasteiger partial charge in [-0.25, -0.2) is 13.1 Å². The van der Waals surface area contributed by atoms with Gasteiger partial charge in [0.25, 0.3) is 0 Å². The van der Waals surface area contributed by atoms with Crippen molar-refractivity contribution in [2.75, 3.05) is 13.7 Å².